The van der Waals surface area contributed by atoms with E-state index in [1.165, 1.54) is 41.7 Å². The second-order valence-corrected chi connectivity index (χ2v) is 8.69. The van der Waals surface area contributed by atoms with Gasteiger partial charge in [0.1, 0.15) is 5.69 Å². The molecule has 1 aromatic heterocycles. The number of hydrogen-bond acceptors (Lipinski definition) is 6. The van der Waals surface area contributed by atoms with Crippen molar-refractivity contribution >= 4 is 39.2 Å². The summed E-state index contributed by atoms with van der Waals surface area (Å²) in [6.45, 7) is 2.63. The summed E-state index contributed by atoms with van der Waals surface area (Å²) >= 11 is 5.74. The first-order valence-electron chi connectivity index (χ1n) is 8.81. The fourth-order valence-electron chi connectivity index (χ4n) is 2.68. The van der Waals surface area contributed by atoms with E-state index >= 15 is 0 Å². The first-order chi connectivity index (χ1) is 13.8. The number of nitrogens with zero attached hydrogens (tertiary/aromatic N) is 1. The molecule has 1 aliphatic rings. The highest BCUT2D eigenvalue weighted by Crippen LogP contribution is 2.21. The summed E-state index contributed by atoms with van der Waals surface area (Å²) in [6, 6.07) is 7.28. The van der Waals surface area contributed by atoms with Crippen LogP contribution in [0.15, 0.2) is 41.4 Å². The van der Waals surface area contributed by atoms with E-state index in [9.17, 15) is 18.0 Å². The molecule has 1 aliphatic heterocycles. The number of benzene rings is 1. The molecule has 0 saturated carbocycles. The Hall–Kier alpha value is -2.40. The van der Waals surface area contributed by atoms with E-state index in [2.05, 4.69) is 10.3 Å². The van der Waals surface area contributed by atoms with E-state index in [4.69, 9.17) is 21.1 Å². The van der Waals surface area contributed by atoms with Crippen molar-refractivity contribution in [1.29, 1.82) is 0 Å². The Morgan fingerprint density at radius 2 is 2.00 bits per heavy atom. The average Bonchev–Trinajstić information content (AvgIpc) is 3.15. The van der Waals surface area contributed by atoms with Crippen molar-refractivity contribution in [1.82, 2.24) is 9.29 Å². The van der Waals surface area contributed by atoms with Crippen molar-refractivity contribution in [3.63, 3.8) is 0 Å². The lowest BCUT2D eigenvalue weighted by Gasteiger charge is -2.26. The minimum atomic E-state index is -3.69. The van der Waals surface area contributed by atoms with Crippen LogP contribution in [0.2, 0.25) is 5.02 Å². The van der Waals surface area contributed by atoms with Gasteiger partial charge in [0.05, 0.1) is 23.1 Å². The van der Waals surface area contributed by atoms with Crippen molar-refractivity contribution in [3.05, 3.63) is 47.2 Å². The number of amides is 1. The molecule has 1 amide bonds. The van der Waals surface area contributed by atoms with Gasteiger partial charge in [0, 0.05) is 25.0 Å². The minimum Gasteiger partial charge on any atom is -0.448 e. The van der Waals surface area contributed by atoms with E-state index in [1.807, 2.05) is 0 Å². The molecule has 0 spiro atoms. The number of esters is 1. The second-order valence-electron chi connectivity index (χ2n) is 6.31. The topological polar surface area (TPSA) is 118 Å². The van der Waals surface area contributed by atoms with Gasteiger partial charge in [-0.15, -0.1) is 0 Å². The number of carbonyl (C=O) groups excluding carboxylic acids is 2. The number of nitrogens with one attached hydrogen (secondary N) is 2. The predicted octanol–water partition coefficient (Wildman–Crippen LogP) is 1.87. The normalized spacial score (nSPS) is 16.2. The fraction of sp³-hybridized carbons (Fsp3) is 0.333. The van der Waals surface area contributed by atoms with E-state index in [-0.39, 0.29) is 29.4 Å². The smallest absolute Gasteiger partial charge is 0.355 e. The number of morpholine rings is 1. The lowest BCUT2D eigenvalue weighted by molar-refractivity contribution is -0.123. The SMILES string of the molecule is C[C@H](OC(=O)c1cc(Cl)c[nH]1)C(=O)Nc1cccc(S(=O)(=O)N2CCOCC2)c1. The zero-order chi connectivity index (χ0) is 21.0. The van der Waals surface area contributed by atoms with E-state index in [0.717, 1.165) is 0 Å². The summed E-state index contributed by atoms with van der Waals surface area (Å²) in [5.74, 6) is -1.33. The first-order valence-corrected chi connectivity index (χ1v) is 10.6. The summed E-state index contributed by atoms with van der Waals surface area (Å²) < 4.78 is 37.1. The van der Waals surface area contributed by atoms with Crippen LogP contribution in [0.25, 0.3) is 0 Å². The Balaban J connectivity index is 1.66. The summed E-state index contributed by atoms with van der Waals surface area (Å²) in [7, 11) is -3.69. The number of aromatic amines is 1. The number of H-pyrrole nitrogens is 1. The standard InChI is InChI=1S/C18H20ClN3O6S/c1-12(28-18(24)16-9-13(19)11-20-16)17(23)21-14-3-2-4-15(10-14)29(25,26)22-5-7-27-8-6-22/h2-4,9-12,20H,5-8H2,1H3,(H,21,23)/t12-/m0/s1. The van der Waals surface area contributed by atoms with Gasteiger partial charge in [0.2, 0.25) is 10.0 Å². The number of ether oxygens (including phenoxy) is 2. The van der Waals surface area contributed by atoms with Gasteiger partial charge in [-0.1, -0.05) is 17.7 Å². The minimum absolute atomic E-state index is 0.0582. The van der Waals surface area contributed by atoms with Gasteiger partial charge in [-0.3, -0.25) is 4.79 Å². The Kier molecular flexibility index (Phi) is 6.58. The first kappa shape index (κ1) is 21.3. The number of carbonyl (C=O) groups is 2. The fourth-order valence-corrected chi connectivity index (χ4v) is 4.30. The number of rotatable bonds is 6. The van der Waals surface area contributed by atoms with E-state index in [1.54, 1.807) is 6.07 Å². The maximum absolute atomic E-state index is 12.7. The molecule has 11 heteroatoms. The van der Waals surface area contributed by atoms with Gasteiger partial charge in [-0.25, -0.2) is 13.2 Å². The molecule has 0 aliphatic carbocycles. The number of halogens is 1. The molecule has 1 saturated heterocycles. The van der Waals surface area contributed by atoms with Crippen molar-refractivity contribution in [3.8, 4) is 0 Å². The van der Waals surface area contributed by atoms with Crippen molar-refractivity contribution in [2.45, 2.75) is 17.9 Å². The maximum Gasteiger partial charge on any atom is 0.355 e. The molecule has 29 heavy (non-hydrogen) atoms. The van der Waals surface area contributed by atoms with E-state index < -0.39 is 28.0 Å². The highest BCUT2D eigenvalue weighted by atomic mass is 35.5. The van der Waals surface area contributed by atoms with Gasteiger partial charge < -0.3 is 19.8 Å². The molecule has 1 fully saturated rings. The van der Waals surface area contributed by atoms with Crippen LogP contribution in [-0.2, 0) is 24.3 Å². The van der Waals surface area contributed by atoms with Crippen LogP contribution in [0.1, 0.15) is 17.4 Å². The maximum atomic E-state index is 12.7. The highest BCUT2D eigenvalue weighted by molar-refractivity contribution is 7.89. The molecule has 2 heterocycles. The summed E-state index contributed by atoms with van der Waals surface area (Å²) in [6.07, 6.45) is 0.313. The van der Waals surface area contributed by atoms with Crippen LogP contribution in [0.3, 0.4) is 0 Å². The number of anilines is 1. The Morgan fingerprint density at radius 1 is 1.28 bits per heavy atom. The van der Waals surface area contributed by atoms with Crippen LogP contribution >= 0.6 is 11.6 Å². The Bertz CT molecular complexity index is 1000. The van der Waals surface area contributed by atoms with Crippen molar-refractivity contribution in [2.75, 3.05) is 31.6 Å². The molecule has 0 radical (unpaired) electrons. The zero-order valence-electron chi connectivity index (χ0n) is 15.6. The van der Waals surface area contributed by atoms with Crippen LogP contribution in [0.4, 0.5) is 5.69 Å². The van der Waals surface area contributed by atoms with Crippen molar-refractivity contribution < 1.29 is 27.5 Å². The molecular formula is C18H20ClN3O6S. The Labute approximate surface area is 173 Å². The van der Waals surface area contributed by atoms with Crippen LogP contribution in [0.5, 0.6) is 0 Å². The third-order valence-corrected chi connectivity index (χ3v) is 6.34. The molecule has 156 valence electrons. The lowest BCUT2D eigenvalue weighted by Crippen LogP contribution is -2.40. The quantitative estimate of drug-likeness (QED) is 0.661. The molecule has 9 nitrogen and oxygen atoms in total. The molecule has 1 aromatic carbocycles. The molecular weight excluding hydrogens is 422 g/mol. The molecule has 3 rings (SSSR count). The summed E-state index contributed by atoms with van der Waals surface area (Å²) in [5, 5.41) is 2.90. The average molecular weight is 442 g/mol. The van der Waals surface area contributed by atoms with Crippen LogP contribution in [0, 0.1) is 0 Å². The lowest BCUT2D eigenvalue weighted by atomic mass is 10.3. The largest absolute Gasteiger partial charge is 0.448 e. The molecule has 0 bridgehead atoms. The molecule has 0 unspecified atom stereocenters. The summed E-state index contributed by atoms with van der Waals surface area (Å²) in [4.78, 5) is 27.0. The summed E-state index contributed by atoms with van der Waals surface area (Å²) in [5.41, 5.74) is 0.392. The predicted molar refractivity (Wildman–Crippen MR) is 105 cm³/mol. The second kappa shape index (κ2) is 8.95. The van der Waals surface area contributed by atoms with Crippen molar-refractivity contribution in [2.24, 2.45) is 0 Å². The third-order valence-electron chi connectivity index (χ3n) is 4.23. The van der Waals surface area contributed by atoms with Gasteiger partial charge in [-0.05, 0) is 31.2 Å². The zero-order valence-corrected chi connectivity index (χ0v) is 17.1. The van der Waals surface area contributed by atoms with Gasteiger partial charge in [-0.2, -0.15) is 4.31 Å². The van der Waals surface area contributed by atoms with Gasteiger partial charge in [0.15, 0.2) is 6.10 Å². The molecule has 2 aromatic rings. The monoisotopic (exact) mass is 441 g/mol. The Morgan fingerprint density at radius 3 is 2.66 bits per heavy atom. The number of hydrogen-bond donors (Lipinski definition) is 2. The number of aromatic nitrogens is 1. The number of sulfonamides is 1. The van der Waals surface area contributed by atoms with E-state index in [0.29, 0.717) is 18.2 Å². The molecule has 2 N–H and O–H groups in total. The van der Waals surface area contributed by atoms with Gasteiger partial charge >= 0.3 is 5.97 Å². The van der Waals surface area contributed by atoms with Crippen LogP contribution in [-0.4, -0.2) is 62.0 Å². The third kappa shape index (κ3) is 5.15. The molecule has 1 atom stereocenters. The highest BCUT2D eigenvalue weighted by Gasteiger charge is 2.27. The van der Waals surface area contributed by atoms with Crippen LogP contribution < -0.4 is 5.32 Å². The van der Waals surface area contributed by atoms with Gasteiger partial charge in [0.25, 0.3) is 5.91 Å².